The summed E-state index contributed by atoms with van der Waals surface area (Å²) in [7, 11) is 0. The molecule has 1 N–H and O–H groups in total. The van der Waals surface area contributed by atoms with E-state index in [1.807, 2.05) is 55.5 Å². The molecule has 0 bridgehead atoms. The van der Waals surface area contributed by atoms with Crippen LogP contribution >= 0.6 is 11.6 Å². The molecule has 0 saturated carbocycles. The molecule has 2 aromatic rings. The van der Waals surface area contributed by atoms with Gasteiger partial charge in [-0.1, -0.05) is 47.5 Å². The quantitative estimate of drug-likeness (QED) is 0.567. The lowest BCUT2D eigenvalue weighted by Gasteiger charge is -2.39. The smallest absolute Gasteiger partial charge is 0.321 e. The third-order valence-corrected chi connectivity index (χ3v) is 6.04. The number of carbonyl (C=O) groups is 2. The number of benzene rings is 2. The van der Waals surface area contributed by atoms with E-state index in [1.165, 1.54) is 0 Å². The Morgan fingerprint density at radius 2 is 1.81 bits per heavy atom. The van der Waals surface area contributed by atoms with Crippen molar-refractivity contribution in [3.63, 3.8) is 0 Å². The first-order chi connectivity index (χ1) is 15.5. The van der Waals surface area contributed by atoms with Crippen LogP contribution in [0.2, 0.25) is 5.02 Å². The van der Waals surface area contributed by atoms with Gasteiger partial charge in [-0.25, -0.2) is 4.99 Å². The Morgan fingerprint density at radius 1 is 1.12 bits per heavy atom. The van der Waals surface area contributed by atoms with Gasteiger partial charge in [-0.15, -0.1) is 0 Å². The number of ether oxygens (including phenoxy) is 1. The van der Waals surface area contributed by atoms with Crippen LogP contribution in [0.1, 0.15) is 24.1 Å². The monoisotopic (exact) mass is 454 g/mol. The number of halogens is 1. The van der Waals surface area contributed by atoms with Gasteiger partial charge in [0.1, 0.15) is 6.04 Å². The zero-order valence-corrected chi connectivity index (χ0v) is 19.0. The van der Waals surface area contributed by atoms with E-state index >= 15 is 0 Å². The summed E-state index contributed by atoms with van der Waals surface area (Å²) in [5.41, 5.74) is 2.99. The topological polar surface area (TPSA) is 74.2 Å². The maximum Gasteiger partial charge on any atom is 0.321 e. The Labute approximate surface area is 193 Å². The second kappa shape index (κ2) is 9.61. The molecule has 2 atom stereocenters. The first-order valence-corrected chi connectivity index (χ1v) is 11.2. The molecule has 168 valence electrons. The molecule has 4 rings (SSSR count). The third-order valence-electron chi connectivity index (χ3n) is 5.81. The number of nitrogens with zero attached hydrogens (tertiary/aromatic N) is 3. The number of anilines is 1. The highest BCUT2D eigenvalue weighted by atomic mass is 35.5. The lowest BCUT2D eigenvalue weighted by Crippen LogP contribution is -2.57. The average Bonchev–Trinajstić information content (AvgIpc) is 2.79. The van der Waals surface area contributed by atoms with E-state index in [9.17, 15) is 9.59 Å². The van der Waals surface area contributed by atoms with Crippen LogP contribution in [0, 0.1) is 12.8 Å². The highest BCUT2D eigenvalue weighted by Crippen LogP contribution is 2.31. The molecule has 0 unspecified atom stereocenters. The van der Waals surface area contributed by atoms with Crippen LogP contribution in [0.4, 0.5) is 5.69 Å². The van der Waals surface area contributed by atoms with Crippen LogP contribution < -0.4 is 10.2 Å². The minimum absolute atomic E-state index is 0.214. The molecule has 2 heterocycles. The van der Waals surface area contributed by atoms with Crippen molar-refractivity contribution in [2.45, 2.75) is 19.9 Å². The van der Waals surface area contributed by atoms with E-state index < -0.39 is 17.9 Å². The number of esters is 1. The lowest BCUT2D eigenvalue weighted by molar-refractivity contribution is -0.153. The summed E-state index contributed by atoms with van der Waals surface area (Å²) < 4.78 is 5.18. The van der Waals surface area contributed by atoms with Gasteiger partial charge >= 0.3 is 5.97 Å². The van der Waals surface area contributed by atoms with E-state index in [1.54, 1.807) is 6.92 Å². The Hall–Kier alpha value is -3.06. The number of piperazine rings is 1. The molecule has 0 spiro atoms. The molecule has 0 radical (unpaired) electrons. The molecule has 0 aromatic heterocycles. The molecule has 2 aliphatic heterocycles. The summed E-state index contributed by atoms with van der Waals surface area (Å²) in [6.45, 7) is 6.86. The number of hydrogen-bond donors (Lipinski definition) is 1. The van der Waals surface area contributed by atoms with Crippen molar-refractivity contribution in [1.82, 2.24) is 10.2 Å². The van der Waals surface area contributed by atoms with Crippen LogP contribution in [-0.2, 0) is 14.3 Å². The summed E-state index contributed by atoms with van der Waals surface area (Å²) in [5, 5.41) is 3.56. The molecule has 1 amide bonds. The summed E-state index contributed by atoms with van der Waals surface area (Å²) in [6, 6.07) is 14.9. The van der Waals surface area contributed by atoms with Gasteiger partial charge in [0.05, 0.1) is 6.61 Å². The van der Waals surface area contributed by atoms with Crippen LogP contribution in [0.5, 0.6) is 0 Å². The Morgan fingerprint density at radius 3 is 2.47 bits per heavy atom. The van der Waals surface area contributed by atoms with Crippen molar-refractivity contribution in [3.05, 3.63) is 64.7 Å². The highest BCUT2D eigenvalue weighted by molar-refractivity contribution is 6.30. The molecule has 7 nitrogen and oxygen atoms in total. The van der Waals surface area contributed by atoms with E-state index in [-0.39, 0.29) is 12.5 Å². The maximum absolute atomic E-state index is 13.0. The normalized spacial score (nSPS) is 21.1. The molecule has 1 saturated heterocycles. The summed E-state index contributed by atoms with van der Waals surface area (Å²) in [4.78, 5) is 34.7. The number of nitrogens with one attached hydrogen (secondary N) is 1. The predicted molar refractivity (Wildman–Crippen MR) is 125 cm³/mol. The fourth-order valence-corrected chi connectivity index (χ4v) is 4.26. The second-order valence-electron chi connectivity index (χ2n) is 7.98. The van der Waals surface area contributed by atoms with Crippen molar-refractivity contribution < 1.29 is 14.3 Å². The van der Waals surface area contributed by atoms with Crippen molar-refractivity contribution in [1.29, 1.82) is 0 Å². The van der Waals surface area contributed by atoms with E-state index in [0.29, 0.717) is 24.1 Å². The van der Waals surface area contributed by atoms with Crippen LogP contribution in [0.3, 0.4) is 0 Å². The average molecular weight is 455 g/mol. The lowest BCUT2D eigenvalue weighted by atomic mass is 9.91. The standard InChI is InChI=1S/C24H27ClN4O3/c1-3-32-23(31)20-21(17-9-7-16(2)8-10-17)26-24(27-22(20)30)29-13-11-28(12-14-29)19-6-4-5-18(25)15-19/h4-10,15,20-21H,3,11-14H2,1-2H3,(H,26,27,30)/t20-,21-/m1/s1. The molecule has 2 aliphatic rings. The number of amides is 1. The summed E-state index contributed by atoms with van der Waals surface area (Å²) in [6.07, 6.45) is 0. The zero-order valence-electron chi connectivity index (χ0n) is 18.3. The number of rotatable bonds is 4. The molecular weight excluding hydrogens is 428 g/mol. The fraction of sp³-hybridized carbons (Fsp3) is 0.375. The number of carbonyl (C=O) groups excluding carboxylic acids is 2. The molecular formula is C24H27ClN4O3. The first kappa shape index (κ1) is 22.1. The molecule has 32 heavy (non-hydrogen) atoms. The Bertz CT molecular complexity index is 1020. The van der Waals surface area contributed by atoms with Crippen molar-refractivity contribution in [2.24, 2.45) is 10.9 Å². The van der Waals surface area contributed by atoms with Crippen LogP contribution in [0.15, 0.2) is 53.5 Å². The van der Waals surface area contributed by atoms with Gasteiger partial charge in [-0.3, -0.25) is 14.9 Å². The number of guanidine groups is 1. The predicted octanol–water partition coefficient (Wildman–Crippen LogP) is 3.18. The number of aryl methyl sites for hydroxylation is 1. The largest absolute Gasteiger partial charge is 0.465 e. The Balaban J connectivity index is 1.56. The van der Waals surface area contributed by atoms with Crippen LogP contribution in [0.25, 0.3) is 0 Å². The maximum atomic E-state index is 13.0. The Kier molecular flexibility index (Phi) is 6.65. The van der Waals surface area contributed by atoms with Gasteiger partial charge in [0.2, 0.25) is 11.9 Å². The van der Waals surface area contributed by atoms with Crippen molar-refractivity contribution in [3.8, 4) is 0 Å². The number of hydrogen-bond acceptors (Lipinski definition) is 6. The third kappa shape index (κ3) is 4.72. The fourth-order valence-electron chi connectivity index (χ4n) is 4.08. The molecule has 1 fully saturated rings. The van der Waals surface area contributed by atoms with Gasteiger partial charge in [0.15, 0.2) is 5.92 Å². The summed E-state index contributed by atoms with van der Waals surface area (Å²) >= 11 is 6.13. The van der Waals surface area contributed by atoms with Gasteiger partial charge in [-0.05, 0) is 37.6 Å². The van der Waals surface area contributed by atoms with E-state index in [2.05, 4.69) is 15.1 Å². The minimum Gasteiger partial charge on any atom is -0.465 e. The molecule has 0 aliphatic carbocycles. The van der Waals surface area contributed by atoms with E-state index in [0.717, 1.165) is 29.9 Å². The summed E-state index contributed by atoms with van der Waals surface area (Å²) in [5.74, 6) is -1.43. The van der Waals surface area contributed by atoms with Gasteiger partial charge in [0, 0.05) is 36.9 Å². The zero-order chi connectivity index (χ0) is 22.7. The van der Waals surface area contributed by atoms with Gasteiger partial charge < -0.3 is 14.5 Å². The highest BCUT2D eigenvalue weighted by Gasteiger charge is 2.42. The van der Waals surface area contributed by atoms with E-state index in [4.69, 9.17) is 21.3 Å². The van der Waals surface area contributed by atoms with Crippen LogP contribution in [-0.4, -0.2) is 55.5 Å². The second-order valence-corrected chi connectivity index (χ2v) is 8.42. The van der Waals surface area contributed by atoms with Gasteiger partial charge in [0.25, 0.3) is 0 Å². The minimum atomic E-state index is -1.01. The molecule has 2 aromatic carbocycles. The van der Waals surface area contributed by atoms with Crippen molar-refractivity contribution in [2.75, 3.05) is 37.7 Å². The van der Waals surface area contributed by atoms with Crippen molar-refractivity contribution >= 4 is 35.1 Å². The first-order valence-electron chi connectivity index (χ1n) is 10.8. The molecule has 8 heteroatoms. The number of aliphatic imine (C=N–C) groups is 1. The SMILES string of the molecule is CCOC(=O)[C@H]1C(=O)NC(N2CCN(c3cccc(Cl)c3)CC2)=N[C@@H]1c1ccc(C)cc1. The van der Waals surface area contributed by atoms with Gasteiger partial charge in [-0.2, -0.15) is 0 Å².